The largest absolute Gasteiger partial charge is 0.490 e. The predicted molar refractivity (Wildman–Crippen MR) is 115 cm³/mol. The number of ketones is 1. The molecule has 0 amide bonds. The minimum Gasteiger partial charge on any atom is -0.490 e. The molecule has 0 heterocycles. The number of carbonyl (C=O) groups is 1. The second-order valence-corrected chi connectivity index (χ2v) is 9.26. The van der Waals surface area contributed by atoms with Crippen LogP contribution in [0.25, 0.3) is 5.57 Å². The number of ether oxygens (including phenoxy) is 1. The molecule has 0 bridgehead atoms. The van der Waals surface area contributed by atoms with Gasteiger partial charge in [0.2, 0.25) is 0 Å². The van der Waals surface area contributed by atoms with Crippen molar-refractivity contribution in [3.05, 3.63) is 34.9 Å². The van der Waals surface area contributed by atoms with Crippen LogP contribution in [0.2, 0.25) is 0 Å². The molecule has 0 saturated heterocycles. The molecule has 0 radical (unpaired) electrons. The number of nitriles is 1. The van der Waals surface area contributed by atoms with E-state index in [-0.39, 0.29) is 11.9 Å². The lowest BCUT2D eigenvalue weighted by molar-refractivity contribution is -0.119. The molecule has 0 aliphatic heterocycles. The number of nitrogens with zero attached hydrogens (tertiary/aromatic N) is 2. The smallest absolute Gasteiger partial charge is 0.146 e. The van der Waals surface area contributed by atoms with Gasteiger partial charge in [-0.25, -0.2) is 0 Å². The van der Waals surface area contributed by atoms with Crippen molar-refractivity contribution < 1.29 is 9.53 Å². The summed E-state index contributed by atoms with van der Waals surface area (Å²) >= 11 is 0. The molecular weight excluding hydrogens is 360 g/mol. The normalized spacial score (nSPS) is 26.8. The molecule has 4 rings (SSSR count). The van der Waals surface area contributed by atoms with E-state index in [1.54, 1.807) is 6.92 Å². The number of hydrogen-bond donors (Lipinski definition) is 0. The number of rotatable bonds is 6. The monoisotopic (exact) mass is 392 g/mol. The van der Waals surface area contributed by atoms with Crippen LogP contribution >= 0.6 is 0 Å². The minimum absolute atomic E-state index is 0.0121. The Kier molecular flexibility index (Phi) is 5.79. The van der Waals surface area contributed by atoms with Gasteiger partial charge in [-0.1, -0.05) is 17.7 Å². The molecule has 2 atom stereocenters. The fourth-order valence-corrected chi connectivity index (χ4v) is 5.53. The highest BCUT2D eigenvalue weighted by Crippen LogP contribution is 2.51. The van der Waals surface area contributed by atoms with E-state index in [4.69, 9.17) is 4.74 Å². The summed E-state index contributed by atoms with van der Waals surface area (Å²) in [6.07, 6.45) is 8.64. The Morgan fingerprint density at radius 2 is 2.00 bits per heavy atom. The lowest BCUT2D eigenvalue weighted by Gasteiger charge is -2.33. The van der Waals surface area contributed by atoms with Gasteiger partial charge in [0.1, 0.15) is 17.5 Å². The standard InChI is InChI=1S/C25H32N2O2/c1-16(28)20(15-26)14-19-8-7-18-13-17-5-4-6-23(25(17)24(18)19)29-22-11-9-21(10-12-22)27(2)3/h4-6,19-22H,7-14H2,1-3H3/t19-,20?,21?,22?/m1/s1. The topological polar surface area (TPSA) is 53.3 Å². The van der Waals surface area contributed by atoms with Crippen molar-refractivity contribution in [1.82, 2.24) is 4.90 Å². The summed E-state index contributed by atoms with van der Waals surface area (Å²) in [5, 5.41) is 9.41. The molecule has 1 aromatic carbocycles. The summed E-state index contributed by atoms with van der Waals surface area (Å²) in [4.78, 5) is 14.2. The van der Waals surface area contributed by atoms with Crippen LogP contribution in [0.5, 0.6) is 5.75 Å². The predicted octanol–water partition coefficient (Wildman–Crippen LogP) is 4.78. The van der Waals surface area contributed by atoms with Crippen LogP contribution in [0.3, 0.4) is 0 Å². The minimum atomic E-state index is -0.495. The van der Waals surface area contributed by atoms with Gasteiger partial charge in [0.15, 0.2) is 0 Å². The highest BCUT2D eigenvalue weighted by atomic mass is 16.5. The summed E-state index contributed by atoms with van der Waals surface area (Å²) in [7, 11) is 4.33. The van der Waals surface area contributed by atoms with Crippen LogP contribution in [-0.4, -0.2) is 36.9 Å². The summed E-state index contributed by atoms with van der Waals surface area (Å²) in [5.41, 5.74) is 5.52. The molecule has 0 N–H and O–H groups in total. The second kappa shape index (κ2) is 8.32. The van der Waals surface area contributed by atoms with Crippen LogP contribution in [0.1, 0.15) is 63.0 Å². The Bertz CT molecular complexity index is 856. The molecular formula is C25H32N2O2. The maximum atomic E-state index is 11.8. The van der Waals surface area contributed by atoms with Crippen molar-refractivity contribution in [1.29, 1.82) is 5.26 Å². The first-order valence-electron chi connectivity index (χ1n) is 11.0. The molecule has 0 aromatic heterocycles. The first-order chi connectivity index (χ1) is 14.0. The van der Waals surface area contributed by atoms with Gasteiger partial charge in [0.05, 0.1) is 12.2 Å². The van der Waals surface area contributed by atoms with Crippen LogP contribution in [0, 0.1) is 23.2 Å². The summed E-state index contributed by atoms with van der Waals surface area (Å²) in [6, 6.07) is 9.34. The molecule has 1 fully saturated rings. The molecule has 1 aromatic rings. The Balaban J connectivity index is 1.53. The van der Waals surface area contributed by atoms with Crippen LogP contribution in [0.4, 0.5) is 0 Å². The van der Waals surface area contributed by atoms with Crippen LogP contribution in [0.15, 0.2) is 23.8 Å². The van der Waals surface area contributed by atoms with E-state index in [2.05, 4.69) is 43.3 Å². The summed E-state index contributed by atoms with van der Waals surface area (Å²) in [6.45, 7) is 1.54. The summed E-state index contributed by atoms with van der Waals surface area (Å²) in [5.74, 6) is 0.810. The maximum absolute atomic E-state index is 11.8. The zero-order valence-corrected chi connectivity index (χ0v) is 17.9. The molecule has 4 heteroatoms. The van der Waals surface area contributed by atoms with Gasteiger partial charge in [0, 0.05) is 11.6 Å². The first-order valence-corrected chi connectivity index (χ1v) is 11.0. The number of Topliss-reactive ketones (excluding diaryl/α,β-unsaturated/α-hetero) is 1. The van der Waals surface area contributed by atoms with Crippen LogP contribution in [-0.2, 0) is 11.2 Å². The van der Waals surface area contributed by atoms with Gasteiger partial charge in [-0.3, -0.25) is 4.79 Å². The van der Waals surface area contributed by atoms with Crippen molar-refractivity contribution in [2.75, 3.05) is 14.1 Å². The second-order valence-electron chi connectivity index (χ2n) is 9.26. The van der Waals surface area contributed by atoms with Gasteiger partial charge >= 0.3 is 0 Å². The fraction of sp³-hybridized carbons (Fsp3) is 0.600. The molecule has 3 aliphatic rings. The fourth-order valence-electron chi connectivity index (χ4n) is 5.53. The third-order valence-corrected chi connectivity index (χ3v) is 7.20. The van der Waals surface area contributed by atoms with Gasteiger partial charge in [0.25, 0.3) is 0 Å². The highest BCUT2D eigenvalue weighted by molar-refractivity contribution is 5.85. The van der Waals surface area contributed by atoms with E-state index in [0.717, 1.165) is 37.9 Å². The quantitative estimate of drug-likeness (QED) is 0.699. The summed E-state index contributed by atoms with van der Waals surface area (Å²) < 4.78 is 6.58. The average molecular weight is 393 g/mol. The van der Waals surface area contributed by atoms with Crippen molar-refractivity contribution in [3.63, 3.8) is 0 Å². The Labute approximate surface area is 174 Å². The highest BCUT2D eigenvalue weighted by Gasteiger charge is 2.37. The average Bonchev–Trinajstić information content (AvgIpc) is 3.26. The molecule has 1 saturated carbocycles. The third kappa shape index (κ3) is 3.98. The van der Waals surface area contributed by atoms with E-state index < -0.39 is 5.92 Å². The van der Waals surface area contributed by atoms with Crippen molar-refractivity contribution in [3.8, 4) is 11.8 Å². The van der Waals surface area contributed by atoms with Crippen molar-refractivity contribution in [2.45, 2.75) is 70.4 Å². The Morgan fingerprint density at radius 3 is 2.66 bits per heavy atom. The van der Waals surface area contributed by atoms with Gasteiger partial charge in [-0.15, -0.1) is 0 Å². The lowest BCUT2D eigenvalue weighted by Crippen LogP contribution is -2.35. The van der Waals surface area contributed by atoms with Gasteiger partial charge in [-0.2, -0.15) is 5.26 Å². The molecule has 1 unspecified atom stereocenters. The Hall–Kier alpha value is -2.12. The zero-order chi connectivity index (χ0) is 20.5. The molecule has 154 valence electrons. The van der Waals surface area contributed by atoms with Crippen LogP contribution < -0.4 is 4.74 Å². The van der Waals surface area contributed by atoms with E-state index >= 15 is 0 Å². The lowest BCUT2D eigenvalue weighted by atomic mass is 9.85. The molecule has 29 heavy (non-hydrogen) atoms. The first kappa shape index (κ1) is 20.2. The van der Waals surface area contributed by atoms with E-state index in [9.17, 15) is 10.1 Å². The number of carbonyl (C=O) groups excluding carboxylic acids is 1. The number of fused-ring (bicyclic) bond motifs is 2. The zero-order valence-electron chi connectivity index (χ0n) is 17.9. The van der Waals surface area contributed by atoms with Gasteiger partial charge in [-0.05, 0) is 95.5 Å². The molecule has 3 aliphatic carbocycles. The molecule has 4 nitrogen and oxygen atoms in total. The number of allylic oxidation sites excluding steroid dienone is 2. The van der Waals surface area contributed by atoms with Crippen molar-refractivity contribution in [2.24, 2.45) is 11.8 Å². The van der Waals surface area contributed by atoms with E-state index in [1.807, 2.05) is 0 Å². The van der Waals surface area contributed by atoms with E-state index in [0.29, 0.717) is 18.4 Å². The Morgan fingerprint density at radius 1 is 1.24 bits per heavy atom. The molecule has 0 spiro atoms. The third-order valence-electron chi connectivity index (χ3n) is 7.20. The van der Waals surface area contributed by atoms with Crippen molar-refractivity contribution >= 4 is 11.4 Å². The SMILES string of the molecule is CC(=O)C(C#N)C[C@H]1CCC2=C1c1c(cccc1OC1CCC(N(C)C)CC1)C2. The number of benzene rings is 1. The van der Waals surface area contributed by atoms with E-state index in [1.165, 1.54) is 35.1 Å². The maximum Gasteiger partial charge on any atom is 0.146 e. The van der Waals surface area contributed by atoms with Gasteiger partial charge < -0.3 is 9.64 Å². The number of hydrogen-bond acceptors (Lipinski definition) is 4.